The summed E-state index contributed by atoms with van der Waals surface area (Å²) in [5.74, 6) is 1.93. The first-order valence-corrected chi connectivity index (χ1v) is 6.92. The first-order chi connectivity index (χ1) is 8.29. The Labute approximate surface area is 104 Å². The summed E-state index contributed by atoms with van der Waals surface area (Å²) in [5, 5.41) is 8.31. The maximum atomic E-state index is 5.93. The molecule has 4 nitrogen and oxygen atoms in total. The lowest BCUT2D eigenvalue weighted by Gasteiger charge is -2.25. The van der Waals surface area contributed by atoms with Gasteiger partial charge in [0, 0.05) is 19.0 Å². The highest BCUT2D eigenvalue weighted by atomic mass is 15.3. The van der Waals surface area contributed by atoms with Gasteiger partial charge < -0.3 is 10.3 Å². The molecule has 0 spiro atoms. The molecule has 4 heteroatoms. The third kappa shape index (κ3) is 3.53. The van der Waals surface area contributed by atoms with Gasteiger partial charge in [-0.05, 0) is 38.0 Å². The van der Waals surface area contributed by atoms with Crippen LogP contribution in [0.1, 0.15) is 51.3 Å². The summed E-state index contributed by atoms with van der Waals surface area (Å²) >= 11 is 0. The van der Waals surface area contributed by atoms with Gasteiger partial charge in [0.25, 0.3) is 0 Å². The van der Waals surface area contributed by atoms with Gasteiger partial charge in [0.05, 0.1) is 0 Å². The quantitative estimate of drug-likeness (QED) is 0.852. The second-order valence-electron chi connectivity index (χ2n) is 5.28. The molecule has 0 amide bonds. The van der Waals surface area contributed by atoms with Crippen LogP contribution in [0.4, 0.5) is 0 Å². The first kappa shape index (κ1) is 12.6. The van der Waals surface area contributed by atoms with E-state index in [1.165, 1.54) is 44.3 Å². The van der Waals surface area contributed by atoms with Gasteiger partial charge in [-0.25, -0.2) is 0 Å². The van der Waals surface area contributed by atoms with Gasteiger partial charge in [0.1, 0.15) is 12.2 Å². The second-order valence-corrected chi connectivity index (χ2v) is 5.28. The largest absolute Gasteiger partial charge is 0.328 e. The van der Waals surface area contributed by atoms with Crippen molar-refractivity contribution in [1.29, 1.82) is 0 Å². The fourth-order valence-corrected chi connectivity index (χ4v) is 2.60. The van der Waals surface area contributed by atoms with Crippen LogP contribution in [0.5, 0.6) is 0 Å². The SMILES string of the molecule is CCCCn1cnnc1CC1CCC(N)CC1. The summed E-state index contributed by atoms with van der Waals surface area (Å²) in [6.07, 6.45) is 10.2. The predicted molar refractivity (Wildman–Crippen MR) is 68.6 cm³/mol. The second kappa shape index (κ2) is 6.15. The zero-order valence-corrected chi connectivity index (χ0v) is 10.8. The normalized spacial score (nSPS) is 25.1. The molecule has 1 saturated carbocycles. The zero-order chi connectivity index (χ0) is 12.1. The maximum Gasteiger partial charge on any atom is 0.133 e. The smallest absolute Gasteiger partial charge is 0.133 e. The summed E-state index contributed by atoms with van der Waals surface area (Å²) < 4.78 is 2.22. The third-order valence-corrected chi connectivity index (χ3v) is 3.81. The molecule has 1 aliphatic rings. The number of rotatable bonds is 5. The molecule has 0 bridgehead atoms. The van der Waals surface area contributed by atoms with E-state index in [2.05, 4.69) is 21.7 Å². The fraction of sp³-hybridized carbons (Fsp3) is 0.846. The van der Waals surface area contributed by atoms with Crippen molar-refractivity contribution in [3.05, 3.63) is 12.2 Å². The van der Waals surface area contributed by atoms with Crippen LogP contribution in [0.15, 0.2) is 6.33 Å². The van der Waals surface area contributed by atoms with Gasteiger partial charge in [0.15, 0.2) is 0 Å². The Hall–Kier alpha value is -0.900. The molecule has 17 heavy (non-hydrogen) atoms. The van der Waals surface area contributed by atoms with Crippen molar-refractivity contribution in [3.8, 4) is 0 Å². The van der Waals surface area contributed by atoms with Crippen LogP contribution < -0.4 is 5.73 Å². The van der Waals surface area contributed by atoms with Crippen LogP contribution in [0.3, 0.4) is 0 Å². The van der Waals surface area contributed by atoms with Crippen LogP contribution in [0.25, 0.3) is 0 Å². The molecule has 1 heterocycles. The number of nitrogens with two attached hydrogens (primary N) is 1. The van der Waals surface area contributed by atoms with Crippen LogP contribution >= 0.6 is 0 Å². The standard InChI is InChI=1S/C13H24N4/c1-2-3-8-17-10-15-16-13(17)9-11-4-6-12(14)7-5-11/h10-12H,2-9,14H2,1H3. The molecule has 0 saturated heterocycles. The van der Waals surface area contributed by atoms with E-state index in [9.17, 15) is 0 Å². The lowest BCUT2D eigenvalue weighted by atomic mass is 9.84. The molecular formula is C13H24N4. The van der Waals surface area contributed by atoms with Gasteiger partial charge in [-0.2, -0.15) is 0 Å². The molecule has 0 aromatic carbocycles. The Bertz CT molecular complexity index is 326. The van der Waals surface area contributed by atoms with Crippen molar-refractivity contribution in [3.63, 3.8) is 0 Å². The van der Waals surface area contributed by atoms with Crippen LogP contribution in [-0.4, -0.2) is 20.8 Å². The number of aryl methyl sites for hydroxylation is 1. The molecule has 2 N–H and O–H groups in total. The van der Waals surface area contributed by atoms with Crippen LogP contribution in [-0.2, 0) is 13.0 Å². The van der Waals surface area contributed by atoms with Crippen LogP contribution in [0.2, 0.25) is 0 Å². The monoisotopic (exact) mass is 236 g/mol. The van der Waals surface area contributed by atoms with Gasteiger partial charge >= 0.3 is 0 Å². The molecule has 0 unspecified atom stereocenters. The molecule has 2 rings (SSSR count). The van der Waals surface area contributed by atoms with E-state index in [1.54, 1.807) is 0 Å². The summed E-state index contributed by atoms with van der Waals surface area (Å²) in [7, 11) is 0. The summed E-state index contributed by atoms with van der Waals surface area (Å²) in [6.45, 7) is 3.28. The summed E-state index contributed by atoms with van der Waals surface area (Å²) in [6, 6.07) is 0.434. The van der Waals surface area contributed by atoms with Crippen molar-refractivity contribution < 1.29 is 0 Å². The Balaban J connectivity index is 1.87. The topological polar surface area (TPSA) is 56.7 Å². The van der Waals surface area contributed by atoms with Crippen molar-refractivity contribution in [2.75, 3.05) is 0 Å². The highest BCUT2D eigenvalue weighted by molar-refractivity contribution is 4.90. The fourth-order valence-electron chi connectivity index (χ4n) is 2.60. The van der Waals surface area contributed by atoms with Gasteiger partial charge in [-0.1, -0.05) is 13.3 Å². The van der Waals surface area contributed by atoms with Gasteiger partial charge in [0.2, 0.25) is 0 Å². The summed E-state index contributed by atoms with van der Waals surface area (Å²) in [5.41, 5.74) is 5.93. The van der Waals surface area contributed by atoms with Crippen molar-refractivity contribution in [1.82, 2.24) is 14.8 Å². The predicted octanol–water partition coefficient (Wildman–Crippen LogP) is 2.14. The minimum absolute atomic E-state index is 0.434. The highest BCUT2D eigenvalue weighted by Crippen LogP contribution is 2.25. The number of aromatic nitrogens is 3. The zero-order valence-electron chi connectivity index (χ0n) is 10.8. The molecule has 0 aliphatic heterocycles. The highest BCUT2D eigenvalue weighted by Gasteiger charge is 2.20. The number of nitrogens with zero attached hydrogens (tertiary/aromatic N) is 3. The average Bonchev–Trinajstić information content (AvgIpc) is 2.77. The lowest BCUT2D eigenvalue weighted by Crippen LogP contribution is -2.27. The summed E-state index contributed by atoms with van der Waals surface area (Å²) in [4.78, 5) is 0. The van der Waals surface area contributed by atoms with E-state index < -0.39 is 0 Å². The average molecular weight is 236 g/mol. The molecule has 1 aromatic rings. The van der Waals surface area contributed by atoms with E-state index in [1.807, 2.05) is 6.33 Å². The third-order valence-electron chi connectivity index (χ3n) is 3.81. The first-order valence-electron chi connectivity index (χ1n) is 6.92. The minimum atomic E-state index is 0.434. The van der Waals surface area contributed by atoms with Crippen molar-refractivity contribution >= 4 is 0 Å². The van der Waals surface area contributed by atoms with Crippen LogP contribution in [0, 0.1) is 5.92 Å². The molecule has 1 aromatic heterocycles. The number of hydrogen-bond acceptors (Lipinski definition) is 3. The molecule has 0 radical (unpaired) electrons. The Morgan fingerprint density at radius 2 is 2.12 bits per heavy atom. The van der Waals surface area contributed by atoms with E-state index in [4.69, 9.17) is 5.73 Å². The van der Waals surface area contributed by atoms with Crippen molar-refractivity contribution in [2.24, 2.45) is 11.7 Å². The molecule has 1 aliphatic carbocycles. The Morgan fingerprint density at radius 1 is 1.35 bits per heavy atom. The van der Waals surface area contributed by atoms with Gasteiger partial charge in [-0.15, -0.1) is 10.2 Å². The molecule has 1 fully saturated rings. The van der Waals surface area contributed by atoms with E-state index in [0.717, 1.165) is 18.9 Å². The number of unbranched alkanes of at least 4 members (excludes halogenated alkanes) is 1. The van der Waals surface area contributed by atoms with Gasteiger partial charge in [-0.3, -0.25) is 0 Å². The molecule has 96 valence electrons. The van der Waals surface area contributed by atoms with Crippen molar-refractivity contribution in [2.45, 2.75) is 64.5 Å². The molecule has 0 atom stereocenters. The maximum absolute atomic E-state index is 5.93. The van der Waals surface area contributed by atoms with E-state index in [-0.39, 0.29) is 0 Å². The Morgan fingerprint density at radius 3 is 2.82 bits per heavy atom. The lowest BCUT2D eigenvalue weighted by molar-refractivity contribution is 0.317. The molecular weight excluding hydrogens is 212 g/mol. The minimum Gasteiger partial charge on any atom is -0.328 e. The van der Waals surface area contributed by atoms with E-state index >= 15 is 0 Å². The number of hydrogen-bond donors (Lipinski definition) is 1. The van der Waals surface area contributed by atoms with E-state index in [0.29, 0.717) is 6.04 Å². The Kier molecular flexibility index (Phi) is 4.54.